The Kier molecular flexibility index (Phi) is 7.60. The quantitative estimate of drug-likeness (QED) is 0.242. The van der Waals surface area contributed by atoms with E-state index in [9.17, 15) is 79.0 Å². The largest absolute Gasteiger partial charge is 0.417 e. The van der Waals surface area contributed by atoms with Crippen molar-refractivity contribution in [2.45, 2.75) is 37.1 Å². The topological polar surface area (TPSA) is 0 Å². The van der Waals surface area contributed by atoms with Gasteiger partial charge in [-0.2, -0.15) is 79.0 Å². The van der Waals surface area contributed by atoms with Crippen molar-refractivity contribution in [1.82, 2.24) is 0 Å². The van der Waals surface area contributed by atoms with E-state index in [1.165, 1.54) is 0 Å². The van der Waals surface area contributed by atoms with E-state index in [4.69, 9.17) is 0 Å². The molecule has 37 heavy (non-hydrogen) atoms. The van der Waals surface area contributed by atoms with E-state index >= 15 is 0 Å². The molecule has 0 heterocycles. The maximum Gasteiger partial charge on any atom is 0.417 e. The molecule has 208 valence electrons. The van der Waals surface area contributed by atoms with E-state index in [0.717, 1.165) is 0 Å². The van der Waals surface area contributed by atoms with Crippen molar-refractivity contribution in [3.05, 3.63) is 57.6 Å². The van der Waals surface area contributed by atoms with Crippen molar-refractivity contribution in [3.8, 4) is 0 Å². The van der Waals surface area contributed by atoms with Gasteiger partial charge in [-0.3, -0.25) is 0 Å². The third-order valence-electron chi connectivity index (χ3n) is 4.35. The van der Waals surface area contributed by atoms with Crippen LogP contribution in [0.3, 0.4) is 0 Å². The van der Waals surface area contributed by atoms with Gasteiger partial charge in [0.1, 0.15) is 0 Å². The molecule has 19 heteroatoms. The lowest BCUT2D eigenvalue weighted by Gasteiger charge is -2.23. The fourth-order valence-electron chi connectivity index (χ4n) is 3.10. The summed E-state index contributed by atoms with van der Waals surface area (Å²) in [7, 11) is -2.10. The van der Waals surface area contributed by atoms with Gasteiger partial charge in [0, 0.05) is 0 Å². The van der Waals surface area contributed by atoms with Crippen LogP contribution in [-0.2, 0) is 37.1 Å². The van der Waals surface area contributed by atoms with Gasteiger partial charge in [-0.1, -0.05) is 8.58 Å². The summed E-state index contributed by atoms with van der Waals surface area (Å²) < 4.78 is 237. The molecule has 2 aromatic rings. The van der Waals surface area contributed by atoms with Crippen LogP contribution in [0.25, 0.3) is 0 Å². The zero-order chi connectivity index (χ0) is 29.2. The van der Waals surface area contributed by atoms with E-state index in [1.54, 1.807) is 0 Å². The van der Waals surface area contributed by atoms with Crippen LogP contribution in [0.5, 0.6) is 0 Å². The zero-order valence-electron chi connectivity index (χ0n) is 16.6. The molecular formula is C18H5F18P. The summed E-state index contributed by atoms with van der Waals surface area (Å²) in [6, 6.07) is -2.35. The maximum absolute atomic E-state index is 13.2. The first-order valence-electron chi connectivity index (χ1n) is 8.71. The van der Waals surface area contributed by atoms with Gasteiger partial charge in [-0.05, 0) is 34.9 Å². The smallest absolute Gasteiger partial charge is 0.166 e. The van der Waals surface area contributed by atoms with Crippen molar-refractivity contribution < 1.29 is 79.0 Å². The second-order valence-corrected chi connectivity index (χ2v) is 8.41. The van der Waals surface area contributed by atoms with Crippen molar-refractivity contribution in [2.75, 3.05) is 0 Å². The van der Waals surface area contributed by atoms with Crippen LogP contribution in [0.1, 0.15) is 33.4 Å². The average molecular weight is 594 g/mol. The van der Waals surface area contributed by atoms with Crippen LogP contribution in [0.15, 0.2) is 24.3 Å². The van der Waals surface area contributed by atoms with Crippen LogP contribution in [-0.4, -0.2) is 0 Å². The van der Waals surface area contributed by atoms with Crippen LogP contribution < -0.4 is 10.6 Å². The molecule has 0 unspecified atom stereocenters. The zero-order valence-corrected chi connectivity index (χ0v) is 17.6. The molecule has 0 aliphatic carbocycles. The van der Waals surface area contributed by atoms with E-state index in [0.29, 0.717) is 0 Å². The fourth-order valence-corrected chi connectivity index (χ4v) is 4.30. The maximum atomic E-state index is 13.2. The summed E-state index contributed by atoms with van der Waals surface area (Å²) >= 11 is 0. The molecule has 0 aliphatic heterocycles. The third-order valence-corrected chi connectivity index (χ3v) is 5.51. The van der Waals surface area contributed by atoms with Crippen LogP contribution >= 0.6 is 8.58 Å². The molecule has 0 fully saturated rings. The number of hydrogen-bond donors (Lipinski definition) is 0. The number of benzene rings is 2. The van der Waals surface area contributed by atoms with Crippen molar-refractivity contribution >= 4 is 19.2 Å². The highest BCUT2D eigenvalue weighted by atomic mass is 31.1. The standard InChI is InChI=1S/C18H5F18P/c19-13(20,21)7-1-5(2-8(14(22,23)24)11(7)17(31,32)33)37-6-3-9(15(25,26)27)12(18(34,35)36)10(4-6)16(28,29)30/h1-4,37H. The van der Waals surface area contributed by atoms with Gasteiger partial charge in [0.05, 0.1) is 33.4 Å². The average Bonchev–Trinajstić information content (AvgIpc) is 2.62. The highest BCUT2D eigenvalue weighted by Crippen LogP contribution is 2.48. The van der Waals surface area contributed by atoms with Gasteiger partial charge in [-0.15, -0.1) is 0 Å². The summed E-state index contributed by atoms with van der Waals surface area (Å²) in [6.07, 6.45) is -37.1. The Morgan fingerprint density at radius 1 is 0.324 bits per heavy atom. The Bertz CT molecular complexity index is 993. The lowest BCUT2D eigenvalue weighted by atomic mass is 9.99. The number of rotatable bonds is 2. The summed E-state index contributed by atoms with van der Waals surface area (Å²) in [5.41, 5.74) is -18.3. The van der Waals surface area contributed by atoms with Gasteiger partial charge in [0.15, 0.2) is 0 Å². The molecule has 0 bridgehead atoms. The first-order chi connectivity index (χ1) is 16.1. The summed E-state index contributed by atoms with van der Waals surface area (Å²) in [4.78, 5) is 0. The molecule has 0 aliphatic rings. The Morgan fingerprint density at radius 2 is 0.514 bits per heavy atom. The van der Waals surface area contributed by atoms with Gasteiger partial charge >= 0.3 is 37.1 Å². The van der Waals surface area contributed by atoms with E-state index in [2.05, 4.69) is 0 Å². The van der Waals surface area contributed by atoms with Crippen molar-refractivity contribution in [1.29, 1.82) is 0 Å². The van der Waals surface area contributed by atoms with Gasteiger partial charge in [0.25, 0.3) is 0 Å². The minimum atomic E-state index is -6.27. The normalized spacial score (nSPS) is 14.3. The van der Waals surface area contributed by atoms with E-state index in [1.807, 2.05) is 0 Å². The SMILES string of the molecule is FC(F)(F)c1cc(Pc2cc(C(F)(F)F)c(C(F)(F)F)c(C(F)(F)F)c2)cc(C(F)(F)F)c1C(F)(F)F. The molecule has 0 saturated heterocycles. The van der Waals surface area contributed by atoms with Crippen LogP contribution in [0, 0.1) is 0 Å². The monoisotopic (exact) mass is 594 g/mol. The fraction of sp³-hybridized carbons (Fsp3) is 0.333. The van der Waals surface area contributed by atoms with E-state index in [-0.39, 0.29) is 0 Å². The molecular weight excluding hydrogens is 589 g/mol. The molecule has 0 amide bonds. The highest BCUT2D eigenvalue weighted by molar-refractivity contribution is 7.55. The van der Waals surface area contributed by atoms with Crippen LogP contribution in [0.2, 0.25) is 0 Å². The van der Waals surface area contributed by atoms with Gasteiger partial charge < -0.3 is 0 Å². The predicted octanol–water partition coefficient (Wildman–Crippen LogP) is 8.43. The minimum absolute atomic E-state index is 0.589. The number of halogens is 18. The lowest BCUT2D eigenvalue weighted by molar-refractivity contribution is -0.174. The first-order valence-corrected chi connectivity index (χ1v) is 9.71. The number of alkyl halides is 18. The Morgan fingerprint density at radius 3 is 0.649 bits per heavy atom. The van der Waals surface area contributed by atoms with Gasteiger partial charge in [0.2, 0.25) is 0 Å². The summed E-state index contributed by atoms with van der Waals surface area (Å²) in [5, 5.41) is -2.98. The van der Waals surface area contributed by atoms with E-state index < -0.39 is 114 Å². The second-order valence-electron chi connectivity index (χ2n) is 7.00. The van der Waals surface area contributed by atoms with Gasteiger partial charge in [-0.25, -0.2) is 0 Å². The molecule has 0 nitrogen and oxygen atoms in total. The van der Waals surface area contributed by atoms with Crippen molar-refractivity contribution in [3.63, 3.8) is 0 Å². The minimum Gasteiger partial charge on any atom is -0.166 e. The summed E-state index contributed by atoms with van der Waals surface area (Å²) in [6.45, 7) is 0. The lowest BCUT2D eigenvalue weighted by Crippen LogP contribution is -2.27. The van der Waals surface area contributed by atoms with Crippen molar-refractivity contribution in [2.24, 2.45) is 0 Å². The molecule has 0 atom stereocenters. The second kappa shape index (κ2) is 9.12. The Labute approximate surface area is 194 Å². The molecule has 0 spiro atoms. The first kappa shape index (κ1) is 30.8. The number of hydrogen-bond acceptors (Lipinski definition) is 0. The molecule has 2 rings (SSSR count). The predicted molar refractivity (Wildman–Crippen MR) is 90.5 cm³/mol. The Balaban J connectivity index is 2.94. The third kappa shape index (κ3) is 6.93. The summed E-state index contributed by atoms with van der Waals surface area (Å²) in [5.74, 6) is 0. The Hall–Kier alpha value is -2.39. The molecule has 2 aromatic carbocycles. The molecule has 0 saturated carbocycles. The highest BCUT2D eigenvalue weighted by Gasteiger charge is 2.52. The molecule has 0 N–H and O–H groups in total. The molecule has 0 radical (unpaired) electrons. The van der Waals surface area contributed by atoms with Crippen LogP contribution in [0.4, 0.5) is 79.0 Å². The molecule has 0 aromatic heterocycles.